The van der Waals surface area contributed by atoms with Gasteiger partial charge >= 0.3 is 0 Å². The normalized spacial score (nSPS) is 27.6. The molecule has 0 aromatic heterocycles. The molecule has 1 rings (SSSR count). The Morgan fingerprint density at radius 3 is 2.36 bits per heavy atom. The SMILES string of the molecule is CC(C)(C)CNC1CCCCC1(C)C. The van der Waals surface area contributed by atoms with Gasteiger partial charge in [0.25, 0.3) is 0 Å². The smallest absolute Gasteiger partial charge is 0.0118 e. The Labute approximate surface area is 89.7 Å². The minimum Gasteiger partial charge on any atom is -0.313 e. The summed E-state index contributed by atoms with van der Waals surface area (Å²) in [6, 6.07) is 0.732. The maximum atomic E-state index is 3.75. The van der Waals surface area contributed by atoms with Gasteiger partial charge in [-0.3, -0.25) is 0 Å². The van der Waals surface area contributed by atoms with Crippen molar-refractivity contribution in [3.05, 3.63) is 0 Å². The quantitative estimate of drug-likeness (QED) is 0.713. The lowest BCUT2D eigenvalue weighted by atomic mass is 9.73. The van der Waals surface area contributed by atoms with Crippen LogP contribution in [-0.4, -0.2) is 12.6 Å². The van der Waals surface area contributed by atoms with E-state index in [4.69, 9.17) is 0 Å². The fraction of sp³-hybridized carbons (Fsp3) is 1.00. The molecular weight excluding hydrogens is 170 g/mol. The van der Waals surface area contributed by atoms with Gasteiger partial charge in [-0.05, 0) is 23.7 Å². The predicted octanol–water partition coefficient (Wildman–Crippen LogP) is 3.59. The van der Waals surface area contributed by atoms with Crippen LogP contribution in [0.4, 0.5) is 0 Å². The summed E-state index contributed by atoms with van der Waals surface area (Å²) < 4.78 is 0. The molecule has 1 N–H and O–H groups in total. The molecule has 1 atom stereocenters. The summed E-state index contributed by atoms with van der Waals surface area (Å²) in [4.78, 5) is 0. The van der Waals surface area contributed by atoms with Crippen LogP contribution in [0, 0.1) is 10.8 Å². The Bertz CT molecular complexity index is 176. The van der Waals surface area contributed by atoms with Crippen LogP contribution < -0.4 is 5.32 Å². The first-order chi connectivity index (χ1) is 6.31. The molecule has 1 nitrogen and oxygen atoms in total. The topological polar surface area (TPSA) is 12.0 Å². The van der Waals surface area contributed by atoms with Gasteiger partial charge in [0.2, 0.25) is 0 Å². The van der Waals surface area contributed by atoms with Crippen LogP contribution in [0.1, 0.15) is 60.3 Å². The molecule has 0 saturated heterocycles. The summed E-state index contributed by atoms with van der Waals surface area (Å²) in [7, 11) is 0. The average Bonchev–Trinajstić information content (AvgIpc) is 2.00. The second-order valence-corrected chi connectivity index (χ2v) is 6.73. The molecule has 1 aliphatic rings. The third kappa shape index (κ3) is 3.61. The van der Waals surface area contributed by atoms with Gasteiger partial charge in [-0.15, -0.1) is 0 Å². The van der Waals surface area contributed by atoms with Gasteiger partial charge < -0.3 is 5.32 Å². The number of rotatable bonds is 2. The maximum Gasteiger partial charge on any atom is 0.0118 e. The number of hydrogen-bond acceptors (Lipinski definition) is 1. The first kappa shape index (κ1) is 12.0. The molecule has 1 aliphatic carbocycles. The molecular formula is C13H27N. The Morgan fingerprint density at radius 1 is 1.21 bits per heavy atom. The molecule has 0 spiro atoms. The molecule has 0 aromatic rings. The monoisotopic (exact) mass is 197 g/mol. The number of hydrogen-bond donors (Lipinski definition) is 1. The van der Waals surface area contributed by atoms with Gasteiger partial charge in [0, 0.05) is 12.6 Å². The summed E-state index contributed by atoms with van der Waals surface area (Å²) in [5.41, 5.74) is 0.914. The second-order valence-electron chi connectivity index (χ2n) is 6.73. The third-order valence-corrected chi connectivity index (χ3v) is 3.39. The molecule has 1 heteroatoms. The molecule has 0 aliphatic heterocycles. The minimum atomic E-state index is 0.410. The largest absolute Gasteiger partial charge is 0.313 e. The van der Waals surface area contributed by atoms with Crippen molar-refractivity contribution in [3.8, 4) is 0 Å². The van der Waals surface area contributed by atoms with E-state index in [1.54, 1.807) is 0 Å². The summed E-state index contributed by atoms with van der Waals surface area (Å²) >= 11 is 0. The fourth-order valence-corrected chi connectivity index (χ4v) is 2.30. The first-order valence-electron chi connectivity index (χ1n) is 6.05. The molecule has 1 fully saturated rings. The Morgan fingerprint density at radius 2 is 1.86 bits per heavy atom. The van der Waals surface area contributed by atoms with Crippen molar-refractivity contribution in [1.29, 1.82) is 0 Å². The predicted molar refractivity (Wildman–Crippen MR) is 63.5 cm³/mol. The lowest BCUT2D eigenvalue weighted by Crippen LogP contribution is -2.46. The van der Waals surface area contributed by atoms with E-state index in [-0.39, 0.29) is 0 Å². The maximum absolute atomic E-state index is 3.75. The van der Waals surface area contributed by atoms with Crippen molar-refractivity contribution in [3.63, 3.8) is 0 Å². The van der Waals surface area contributed by atoms with Gasteiger partial charge in [0.1, 0.15) is 0 Å². The highest BCUT2D eigenvalue weighted by atomic mass is 14.9. The lowest BCUT2D eigenvalue weighted by molar-refractivity contribution is 0.155. The molecule has 1 unspecified atom stereocenters. The van der Waals surface area contributed by atoms with Crippen LogP contribution in [0.25, 0.3) is 0 Å². The minimum absolute atomic E-state index is 0.410. The van der Waals surface area contributed by atoms with E-state index in [2.05, 4.69) is 39.9 Å². The highest BCUT2D eigenvalue weighted by Gasteiger charge is 2.32. The van der Waals surface area contributed by atoms with Crippen LogP contribution in [0.15, 0.2) is 0 Å². The zero-order valence-electron chi connectivity index (χ0n) is 10.6. The zero-order valence-corrected chi connectivity index (χ0v) is 10.6. The fourth-order valence-electron chi connectivity index (χ4n) is 2.30. The van der Waals surface area contributed by atoms with Gasteiger partial charge in [0.15, 0.2) is 0 Å². The van der Waals surface area contributed by atoms with Crippen molar-refractivity contribution >= 4 is 0 Å². The molecule has 1 saturated carbocycles. The van der Waals surface area contributed by atoms with E-state index in [9.17, 15) is 0 Å². The van der Waals surface area contributed by atoms with Gasteiger partial charge in [-0.1, -0.05) is 47.5 Å². The molecule has 84 valence electrons. The molecule has 0 bridgehead atoms. The third-order valence-electron chi connectivity index (χ3n) is 3.39. The molecule has 0 radical (unpaired) electrons. The van der Waals surface area contributed by atoms with Crippen molar-refractivity contribution in [1.82, 2.24) is 5.32 Å². The van der Waals surface area contributed by atoms with E-state index < -0.39 is 0 Å². The van der Waals surface area contributed by atoms with E-state index in [1.807, 2.05) is 0 Å². The van der Waals surface area contributed by atoms with E-state index in [0.29, 0.717) is 10.8 Å². The van der Waals surface area contributed by atoms with E-state index >= 15 is 0 Å². The Kier molecular flexibility index (Phi) is 3.63. The van der Waals surface area contributed by atoms with Crippen molar-refractivity contribution in [2.24, 2.45) is 10.8 Å². The molecule has 0 heterocycles. The van der Waals surface area contributed by atoms with Gasteiger partial charge in [-0.25, -0.2) is 0 Å². The van der Waals surface area contributed by atoms with Crippen molar-refractivity contribution in [2.75, 3.05) is 6.54 Å². The van der Waals surface area contributed by atoms with Crippen LogP contribution in [0.2, 0.25) is 0 Å². The number of nitrogens with one attached hydrogen (secondary N) is 1. The lowest BCUT2D eigenvalue weighted by Gasteiger charge is -2.40. The van der Waals surface area contributed by atoms with Crippen LogP contribution in [-0.2, 0) is 0 Å². The van der Waals surface area contributed by atoms with Crippen molar-refractivity contribution in [2.45, 2.75) is 66.3 Å². The Hall–Kier alpha value is -0.0400. The van der Waals surface area contributed by atoms with Gasteiger partial charge in [0.05, 0.1) is 0 Å². The molecule has 14 heavy (non-hydrogen) atoms. The summed E-state index contributed by atoms with van der Waals surface area (Å²) in [5.74, 6) is 0. The summed E-state index contributed by atoms with van der Waals surface area (Å²) in [6.07, 6.45) is 5.57. The summed E-state index contributed by atoms with van der Waals surface area (Å²) in [6.45, 7) is 12.9. The van der Waals surface area contributed by atoms with Crippen molar-refractivity contribution < 1.29 is 0 Å². The Balaban J connectivity index is 2.42. The molecule has 0 aromatic carbocycles. The highest BCUT2D eigenvalue weighted by molar-refractivity contribution is 4.88. The first-order valence-corrected chi connectivity index (χ1v) is 6.05. The van der Waals surface area contributed by atoms with Crippen LogP contribution in [0.3, 0.4) is 0 Å². The van der Waals surface area contributed by atoms with E-state index in [1.165, 1.54) is 25.7 Å². The zero-order chi connectivity index (χ0) is 10.8. The van der Waals surface area contributed by atoms with Crippen LogP contribution in [0.5, 0.6) is 0 Å². The summed E-state index contributed by atoms with van der Waals surface area (Å²) in [5, 5.41) is 3.75. The average molecular weight is 197 g/mol. The van der Waals surface area contributed by atoms with Gasteiger partial charge in [-0.2, -0.15) is 0 Å². The standard InChI is InChI=1S/C13H27N/c1-12(2,3)10-14-11-8-6-7-9-13(11,4)5/h11,14H,6-10H2,1-5H3. The second kappa shape index (κ2) is 4.22. The molecule has 0 amide bonds. The highest BCUT2D eigenvalue weighted by Crippen LogP contribution is 2.35. The van der Waals surface area contributed by atoms with Crippen LogP contribution >= 0.6 is 0 Å². The van der Waals surface area contributed by atoms with E-state index in [0.717, 1.165) is 12.6 Å².